The molecule has 0 radical (unpaired) electrons. The Morgan fingerprint density at radius 3 is 2.96 bits per heavy atom. The first-order valence-electron chi connectivity index (χ1n) is 9.61. The van der Waals surface area contributed by atoms with Crippen molar-refractivity contribution in [3.8, 4) is 0 Å². The van der Waals surface area contributed by atoms with Crippen LogP contribution in [-0.4, -0.2) is 61.4 Å². The highest BCUT2D eigenvalue weighted by atomic mass is 19.1. The van der Waals surface area contributed by atoms with E-state index in [0.29, 0.717) is 23.3 Å². The number of rotatable bonds is 6. The minimum atomic E-state index is -0.304. The molecule has 8 heteroatoms. The number of tetrazole rings is 1. The predicted molar refractivity (Wildman–Crippen MR) is 102 cm³/mol. The van der Waals surface area contributed by atoms with Gasteiger partial charge in [0.15, 0.2) is 5.65 Å². The van der Waals surface area contributed by atoms with Gasteiger partial charge in [0.2, 0.25) is 0 Å². The van der Waals surface area contributed by atoms with Crippen LogP contribution >= 0.6 is 0 Å². The molecule has 1 aliphatic heterocycles. The van der Waals surface area contributed by atoms with E-state index in [1.165, 1.54) is 10.6 Å². The number of likely N-dealkylation sites (N-methyl/N-ethyl adjacent to an activating group) is 1. The van der Waals surface area contributed by atoms with E-state index in [1.54, 1.807) is 41.4 Å². The summed E-state index contributed by atoms with van der Waals surface area (Å²) in [7, 11) is 0. The number of benzene rings is 1. The topological polar surface area (TPSA) is 66.6 Å². The van der Waals surface area contributed by atoms with Gasteiger partial charge in [-0.15, -0.1) is 5.10 Å². The number of amides is 1. The molecule has 1 aliphatic rings. The van der Waals surface area contributed by atoms with E-state index in [0.717, 1.165) is 25.9 Å². The minimum Gasteiger partial charge on any atom is -0.333 e. The van der Waals surface area contributed by atoms with Crippen molar-refractivity contribution in [1.82, 2.24) is 29.8 Å². The van der Waals surface area contributed by atoms with Gasteiger partial charge in [-0.05, 0) is 54.6 Å². The Labute approximate surface area is 162 Å². The van der Waals surface area contributed by atoms with Crippen LogP contribution in [0, 0.1) is 5.82 Å². The fourth-order valence-electron chi connectivity index (χ4n) is 3.93. The molecule has 3 heterocycles. The van der Waals surface area contributed by atoms with Gasteiger partial charge in [-0.1, -0.05) is 25.1 Å². The van der Waals surface area contributed by atoms with Crippen molar-refractivity contribution in [3.05, 3.63) is 59.5 Å². The molecule has 4 rings (SSSR count). The Hall–Kier alpha value is -2.87. The van der Waals surface area contributed by atoms with Crippen molar-refractivity contribution < 1.29 is 9.18 Å². The summed E-state index contributed by atoms with van der Waals surface area (Å²) in [6, 6.07) is 10.3. The van der Waals surface area contributed by atoms with Crippen molar-refractivity contribution in [1.29, 1.82) is 0 Å². The highest BCUT2D eigenvalue weighted by Gasteiger charge is 2.29. The molecule has 1 fully saturated rings. The zero-order valence-corrected chi connectivity index (χ0v) is 15.8. The van der Waals surface area contributed by atoms with E-state index in [-0.39, 0.29) is 24.3 Å². The molecule has 0 spiro atoms. The summed E-state index contributed by atoms with van der Waals surface area (Å²) in [6.45, 7) is 4.86. The van der Waals surface area contributed by atoms with Gasteiger partial charge in [-0.25, -0.2) is 4.39 Å². The zero-order chi connectivity index (χ0) is 19.5. The monoisotopic (exact) mass is 382 g/mol. The minimum absolute atomic E-state index is 0.188. The normalized spacial score (nSPS) is 17.3. The third-order valence-electron chi connectivity index (χ3n) is 5.40. The molecule has 1 unspecified atom stereocenters. The molecular weight excluding hydrogens is 359 g/mol. The number of hydrogen-bond donors (Lipinski definition) is 0. The lowest BCUT2D eigenvalue weighted by Crippen LogP contribution is -2.43. The number of carbonyl (C=O) groups excluding carboxylic acids is 1. The van der Waals surface area contributed by atoms with Gasteiger partial charge in [0.05, 0.1) is 5.56 Å². The van der Waals surface area contributed by atoms with Crippen LogP contribution in [0.1, 0.15) is 35.7 Å². The van der Waals surface area contributed by atoms with Gasteiger partial charge < -0.3 is 4.90 Å². The average molecular weight is 382 g/mol. The lowest BCUT2D eigenvalue weighted by atomic mass is 10.1. The number of halogens is 1. The molecule has 1 atom stereocenters. The number of pyridine rings is 1. The molecule has 2 aromatic heterocycles. The predicted octanol–water partition coefficient (Wildman–Crippen LogP) is 2.39. The van der Waals surface area contributed by atoms with Crippen LogP contribution in [0.5, 0.6) is 0 Å². The van der Waals surface area contributed by atoms with E-state index < -0.39 is 0 Å². The summed E-state index contributed by atoms with van der Waals surface area (Å²) in [6.07, 6.45) is 3.85. The Balaban J connectivity index is 1.66. The van der Waals surface area contributed by atoms with Gasteiger partial charge in [0, 0.05) is 30.9 Å². The van der Waals surface area contributed by atoms with Crippen molar-refractivity contribution >= 4 is 11.6 Å². The maximum atomic E-state index is 14.3. The third-order valence-corrected chi connectivity index (χ3v) is 5.40. The van der Waals surface area contributed by atoms with E-state index in [1.807, 2.05) is 0 Å². The maximum absolute atomic E-state index is 14.3. The fourth-order valence-corrected chi connectivity index (χ4v) is 3.93. The molecule has 0 aliphatic carbocycles. The molecule has 0 bridgehead atoms. The highest BCUT2D eigenvalue weighted by Crippen LogP contribution is 2.21. The Morgan fingerprint density at radius 1 is 1.29 bits per heavy atom. The summed E-state index contributed by atoms with van der Waals surface area (Å²) >= 11 is 0. The van der Waals surface area contributed by atoms with E-state index in [9.17, 15) is 9.18 Å². The van der Waals surface area contributed by atoms with Crippen molar-refractivity contribution in [2.75, 3.05) is 19.6 Å². The van der Waals surface area contributed by atoms with E-state index >= 15 is 0 Å². The van der Waals surface area contributed by atoms with Gasteiger partial charge in [-0.2, -0.15) is 4.52 Å². The molecule has 1 amide bonds. The standard InChI is InChI=1S/C20H23FN6O/c1-2-25-11-5-8-16(25)14-26(13-15-7-3-4-10-18(15)21)20(28)17-9-6-12-27-19(17)22-23-24-27/h3-4,6-7,9-10,12,16H,2,5,8,11,13-14H2,1H3. The smallest absolute Gasteiger partial charge is 0.258 e. The molecule has 3 aromatic rings. The van der Waals surface area contributed by atoms with Crippen LogP contribution in [0.25, 0.3) is 5.65 Å². The number of carbonyl (C=O) groups is 1. The third kappa shape index (κ3) is 3.60. The second kappa shape index (κ2) is 8.02. The number of likely N-dealkylation sites (tertiary alicyclic amines) is 1. The Morgan fingerprint density at radius 2 is 2.14 bits per heavy atom. The molecule has 1 saturated heterocycles. The number of fused-ring (bicyclic) bond motifs is 1. The molecule has 7 nitrogen and oxygen atoms in total. The SMILES string of the molecule is CCN1CCCC1CN(Cc1ccccc1F)C(=O)c1cccn2nnnc12. The van der Waals surface area contributed by atoms with E-state index in [4.69, 9.17) is 0 Å². The first-order chi connectivity index (χ1) is 13.7. The van der Waals surface area contributed by atoms with Crippen molar-refractivity contribution in [2.24, 2.45) is 0 Å². The van der Waals surface area contributed by atoms with Gasteiger partial charge in [-0.3, -0.25) is 9.69 Å². The van der Waals surface area contributed by atoms with Crippen molar-refractivity contribution in [3.63, 3.8) is 0 Å². The van der Waals surface area contributed by atoms with Crippen LogP contribution in [0.3, 0.4) is 0 Å². The number of aromatic nitrogens is 4. The van der Waals surface area contributed by atoms with Crippen molar-refractivity contribution in [2.45, 2.75) is 32.4 Å². The fraction of sp³-hybridized carbons (Fsp3) is 0.400. The molecule has 28 heavy (non-hydrogen) atoms. The second-order valence-corrected chi connectivity index (χ2v) is 7.07. The maximum Gasteiger partial charge on any atom is 0.258 e. The summed E-state index contributed by atoms with van der Waals surface area (Å²) in [4.78, 5) is 17.5. The van der Waals surface area contributed by atoms with Gasteiger partial charge in [0.25, 0.3) is 5.91 Å². The summed E-state index contributed by atoms with van der Waals surface area (Å²) in [5, 5.41) is 11.5. The summed E-state index contributed by atoms with van der Waals surface area (Å²) in [5.74, 6) is -0.493. The largest absolute Gasteiger partial charge is 0.333 e. The average Bonchev–Trinajstić information content (AvgIpc) is 3.37. The highest BCUT2D eigenvalue weighted by molar-refractivity contribution is 5.99. The summed E-state index contributed by atoms with van der Waals surface area (Å²) < 4.78 is 15.8. The second-order valence-electron chi connectivity index (χ2n) is 7.07. The number of hydrogen-bond acceptors (Lipinski definition) is 5. The lowest BCUT2D eigenvalue weighted by Gasteiger charge is -2.30. The lowest BCUT2D eigenvalue weighted by molar-refractivity contribution is 0.0691. The van der Waals surface area contributed by atoms with E-state index in [2.05, 4.69) is 27.3 Å². The molecule has 1 aromatic carbocycles. The van der Waals surface area contributed by atoms with Crippen LogP contribution < -0.4 is 0 Å². The quantitative estimate of drug-likeness (QED) is 0.655. The molecular formula is C20H23FN6O. The molecule has 0 N–H and O–H groups in total. The first kappa shape index (κ1) is 18.5. The van der Waals surface area contributed by atoms with Gasteiger partial charge >= 0.3 is 0 Å². The number of nitrogens with zero attached hydrogens (tertiary/aromatic N) is 6. The molecule has 0 saturated carbocycles. The Kier molecular flexibility index (Phi) is 5.29. The van der Waals surface area contributed by atoms with Crippen LogP contribution in [0.4, 0.5) is 4.39 Å². The van der Waals surface area contributed by atoms with Gasteiger partial charge in [0.1, 0.15) is 5.82 Å². The zero-order valence-electron chi connectivity index (χ0n) is 15.8. The molecule has 146 valence electrons. The summed E-state index contributed by atoms with van der Waals surface area (Å²) in [5.41, 5.74) is 1.33. The van der Waals surface area contributed by atoms with Crippen LogP contribution in [-0.2, 0) is 6.54 Å². The van der Waals surface area contributed by atoms with Crippen LogP contribution in [0.2, 0.25) is 0 Å². The van der Waals surface area contributed by atoms with Crippen LogP contribution in [0.15, 0.2) is 42.6 Å². The first-order valence-corrected chi connectivity index (χ1v) is 9.61. The Bertz CT molecular complexity index is 974.